The molecule has 1 aliphatic heterocycles. The number of Topliss-reactive ketones (excluding diaryl/α,β-unsaturated/α-hetero) is 1. The molecule has 1 saturated carbocycles. The number of benzene rings is 2. The number of aliphatic hydroxyl groups is 1. The molecule has 0 spiro atoms. The summed E-state index contributed by atoms with van der Waals surface area (Å²) >= 11 is 0. The van der Waals surface area contributed by atoms with Crippen molar-refractivity contribution in [2.24, 2.45) is 0 Å². The Balaban J connectivity index is 1.80. The van der Waals surface area contributed by atoms with Crippen LogP contribution in [0.5, 0.6) is 5.75 Å². The van der Waals surface area contributed by atoms with Gasteiger partial charge in [-0.3, -0.25) is 9.59 Å². The maximum Gasteiger partial charge on any atom is 0.295 e. The number of hydrogen-bond donors (Lipinski definition) is 1. The zero-order chi connectivity index (χ0) is 23.5. The summed E-state index contributed by atoms with van der Waals surface area (Å²) in [5.74, 6) is -1.20. The summed E-state index contributed by atoms with van der Waals surface area (Å²) in [4.78, 5) is 28.0. The predicted molar refractivity (Wildman–Crippen MR) is 124 cm³/mol. The second-order valence-corrected chi connectivity index (χ2v) is 8.88. The Morgan fingerprint density at radius 2 is 1.79 bits per heavy atom. The van der Waals surface area contributed by atoms with Crippen LogP contribution in [0.2, 0.25) is 0 Å². The van der Waals surface area contributed by atoms with E-state index in [-0.39, 0.29) is 17.4 Å². The molecule has 2 aromatic rings. The first kappa shape index (κ1) is 23.0. The first-order chi connectivity index (χ1) is 15.9. The van der Waals surface area contributed by atoms with E-state index in [2.05, 4.69) is 0 Å². The Bertz CT molecular complexity index is 1070. The predicted octanol–water partition coefficient (Wildman–Crippen LogP) is 5.68. The molecular weight excluding hydrogens is 421 g/mol. The van der Waals surface area contributed by atoms with Gasteiger partial charge in [0.25, 0.3) is 11.7 Å². The summed E-state index contributed by atoms with van der Waals surface area (Å²) in [6.45, 7) is 4.49. The highest BCUT2D eigenvalue weighted by Gasteiger charge is 2.48. The van der Waals surface area contributed by atoms with Crippen LogP contribution in [0.15, 0.2) is 48.0 Å². The molecule has 1 N–H and O–H groups in total. The minimum absolute atomic E-state index is 0.0545. The topological polar surface area (TPSA) is 66.8 Å². The fourth-order valence-corrected chi connectivity index (χ4v) is 4.88. The lowest BCUT2D eigenvalue weighted by atomic mass is 9.91. The van der Waals surface area contributed by atoms with Crippen molar-refractivity contribution < 1.29 is 23.8 Å². The quantitative estimate of drug-likeness (QED) is 0.349. The van der Waals surface area contributed by atoms with Crippen molar-refractivity contribution in [2.75, 3.05) is 6.61 Å². The van der Waals surface area contributed by atoms with Crippen molar-refractivity contribution in [3.63, 3.8) is 0 Å². The number of likely N-dealkylation sites (tertiary alicyclic amines) is 1. The van der Waals surface area contributed by atoms with E-state index in [1.165, 1.54) is 12.1 Å². The molecule has 33 heavy (non-hydrogen) atoms. The molecule has 4 rings (SSSR count). The van der Waals surface area contributed by atoms with Crippen LogP contribution in [0.25, 0.3) is 5.76 Å². The number of nitrogens with zero attached hydrogens (tertiary/aromatic N) is 1. The summed E-state index contributed by atoms with van der Waals surface area (Å²) in [5.41, 5.74) is 1.94. The van der Waals surface area contributed by atoms with Crippen molar-refractivity contribution in [2.45, 2.75) is 64.5 Å². The fourth-order valence-electron chi connectivity index (χ4n) is 4.88. The smallest absolute Gasteiger partial charge is 0.295 e. The summed E-state index contributed by atoms with van der Waals surface area (Å²) in [6.07, 6.45) is 5.59. The second-order valence-electron chi connectivity index (χ2n) is 8.88. The number of hydrogen-bond acceptors (Lipinski definition) is 4. The Morgan fingerprint density at radius 3 is 2.42 bits per heavy atom. The molecule has 2 aromatic carbocycles. The SMILES string of the molecule is CCCOc1ccc(/C(O)=C2/C(=O)C(=O)N(C3CCCCC3)C2c2ccc(F)cc2)cc1C. The summed E-state index contributed by atoms with van der Waals surface area (Å²) < 4.78 is 19.4. The van der Waals surface area contributed by atoms with Gasteiger partial charge in [-0.05, 0) is 67.6 Å². The number of rotatable bonds is 6. The normalized spacial score (nSPS) is 20.9. The lowest BCUT2D eigenvalue weighted by molar-refractivity contribution is -0.141. The molecule has 0 bridgehead atoms. The van der Waals surface area contributed by atoms with Crippen molar-refractivity contribution in [1.29, 1.82) is 0 Å². The molecule has 0 radical (unpaired) electrons. The van der Waals surface area contributed by atoms with Gasteiger partial charge in [-0.1, -0.05) is 38.3 Å². The van der Waals surface area contributed by atoms with Gasteiger partial charge in [-0.15, -0.1) is 0 Å². The van der Waals surface area contributed by atoms with E-state index in [4.69, 9.17) is 4.74 Å². The maximum absolute atomic E-state index is 13.6. The molecular formula is C27H30FNO4. The third-order valence-electron chi connectivity index (χ3n) is 6.54. The van der Waals surface area contributed by atoms with Crippen LogP contribution in [-0.2, 0) is 9.59 Å². The number of aliphatic hydroxyl groups excluding tert-OH is 1. The highest BCUT2D eigenvalue weighted by molar-refractivity contribution is 6.46. The number of aryl methyl sites for hydroxylation is 1. The number of carbonyl (C=O) groups is 2. The molecule has 2 aliphatic rings. The van der Waals surface area contributed by atoms with Gasteiger partial charge in [-0.2, -0.15) is 0 Å². The van der Waals surface area contributed by atoms with Crippen LogP contribution in [-0.4, -0.2) is 34.3 Å². The summed E-state index contributed by atoms with van der Waals surface area (Å²) in [5, 5.41) is 11.3. The van der Waals surface area contributed by atoms with E-state index in [1.54, 1.807) is 35.2 Å². The Morgan fingerprint density at radius 1 is 1.09 bits per heavy atom. The molecule has 1 unspecified atom stereocenters. The largest absolute Gasteiger partial charge is 0.507 e. The van der Waals surface area contributed by atoms with Crippen molar-refractivity contribution >= 4 is 17.4 Å². The lowest BCUT2D eigenvalue weighted by Crippen LogP contribution is -2.40. The second kappa shape index (κ2) is 9.77. The standard InChI is InChI=1S/C27H30FNO4/c1-3-15-33-22-14-11-19(16-17(22)2)25(30)23-24(18-9-12-20(28)13-10-18)29(27(32)26(23)31)21-7-5-4-6-8-21/h9-14,16,21,24,30H,3-8,15H2,1-2H3/b25-23-. The van der Waals surface area contributed by atoms with Crippen molar-refractivity contribution in [1.82, 2.24) is 4.90 Å². The fraction of sp³-hybridized carbons (Fsp3) is 0.407. The van der Waals surface area contributed by atoms with Crippen LogP contribution < -0.4 is 4.74 Å². The van der Waals surface area contributed by atoms with Gasteiger partial charge in [0.2, 0.25) is 0 Å². The summed E-state index contributed by atoms with van der Waals surface area (Å²) in [7, 11) is 0. The van der Waals surface area contributed by atoms with E-state index < -0.39 is 23.5 Å². The number of amides is 1. The van der Waals surface area contributed by atoms with Crippen molar-refractivity contribution in [3.8, 4) is 5.75 Å². The first-order valence-corrected chi connectivity index (χ1v) is 11.7. The van der Waals surface area contributed by atoms with Crippen molar-refractivity contribution in [3.05, 3.63) is 70.5 Å². The third-order valence-corrected chi connectivity index (χ3v) is 6.54. The highest BCUT2D eigenvalue weighted by atomic mass is 19.1. The van der Waals surface area contributed by atoms with Gasteiger partial charge >= 0.3 is 0 Å². The van der Waals surface area contributed by atoms with Gasteiger partial charge in [0.05, 0.1) is 18.2 Å². The minimum atomic E-state index is -0.745. The van der Waals surface area contributed by atoms with Gasteiger partial charge < -0.3 is 14.7 Å². The molecule has 1 aliphatic carbocycles. The van der Waals surface area contributed by atoms with Gasteiger partial charge in [-0.25, -0.2) is 4.39 Å². The van der Waals surface area contributed by atoms with E-state index in [0.717, 1.165) is 44.1 Å². The van der Waals surface area contributed by atoms with Crippen LogP contribution in [0.4, 0.5) is 4.39 Å². The summed E-state index contributed by atoms with van der Waals surface area (Å²) in [6, 6.07) is 10.2. The Labute approximate surface area is 193 Å². The van der Waals surface area contributed by atoms with Gasteiger partial charge in [0.15, 0.2) is 0 Å². The average Bonchev–Trinajstić information content (AvgIpc) is 3.09. The molecule has 1 atom stereocenters. The average molecular weight is 452 g/mol. The molecule has 2 fully saturated rings. The molecule has 1 heterocycles. The number of halogens is 1. The molecule has 6 heteroatoms. The van der Waals surface area contributed by atoms with Crippen LogP contribution >= 0.6 is 0 Å². The number of ether oxygens (including phenoxy) is 1. The minimum Gasteiger partial charge on any atom is -0.507 e. The zero-order valence-corrected chi connectivity index (χ0v) is 19.1. The molecule has 1 amide bonds. The van der Waals surface area contributed by atoms with Crippen LogP contribution in [0.1, 0.15) is 68.2 Å². The lowest BCUT2D eigenvalue weighted by Gasteiger charge is -2.35. The van der Waals surface area contributed by atoms with Gasteiger partial charge in [0, 0.05) is 11.6 Å². The van der Waals surface area contributed by atoms with E-state index >= 15 is 0 Å². The van der Waals surface area contributed by atoms with E-state index in [1.807, 2.05) is 13.8 Å². The van der Waals surface area contributed by atoms with E-state index in [9.17, 15) is 19.1 Å². The zero-order valence-electron chi connectivity index (χ0n) is 19.1. The third kappa shape index (κ3) is 4.52. The molecule has 5 nitrogen and oxygen atoms in total. The Kier molecular flexibility index (Phi) is 6.82. The van der Waals surface area contributed by atoms with Crippen LogP contribution in [0.3, 0.4) is 0 Å². The molecule has 1 saturated heterocycles. The molecule has 0 aromatic heterocycles. The van der Waals surface area contributed by atoms with Gasteiger partial charge in [0.1, 0.15) is 17.3 Å². The first-order valence-electron chi connectivity index (χ1n) is 11.7. The monoisotopic (exact) mass is 451 g/mol. The number of ketones is 1. The van der Waals surface area contributed by atoms with Crippen LogP contribution in [0, 0.1) is 12.7 Å². The molecule has 174 valence electrons. The number of carbonyl (C=O) groups excluding carboxylic acids is 2. The Hall–Kier alpha value is -3.15. The maximum atomic E-state index is 13.6. The highest BCUT2D eigenvalue weighted by Crippen LogP contribution is 2.43. The van der Waals surface area contributed by atoms with E-state index in [0.29, 0.717) is 23.5 Å².